The third-order valence-corrected chi connectivity index (χ3v) is 7.55. The smallest absolute Gasteiger partial charge is 0.255 e. The summed E-state index contributed by atoms with van der Waals surface area (Å²) in [5.41, 5.74) is 3.41. The lowest BCUT2D eigenvalue weighted by Gasteiger charge is -2.42. The second-order valence-electron chi connectivity index (χ2n) is 9.54. The molecule has 2 aromatic carbocycles. The molecule has 0 radical (unpaired) electrons. The van der Waals surface area contributed by atoms with E-state index >= 15 is 0 Å². The highest BCUT2D eigenvalue weighted by atomic mass is 16.3. The van der Waals surface area contributed by atoms with Crippen LogP contribution in [0.15, 0.2) is 48.5 Å². The highest BCUT2D eigenvalue weighted by Gasteiger charge is 2.38. The molecular weight excluding hydrogens is 444 g/mol. The van der Waals surface area contributed by atoms with E-state index in [4.69, 9.17) is 0 Å². The number of aliphatic hydroxyl groups is 2. The van der Waals surface area contributed by atoms with Gasteiger partial charge in [0.2, 0.25) is 0 Å². The predicted molar refractivity (Wildman–Crippen MR) is 131 cm³/mol. The first-order chi connectivity index (χ1) is 16.9. The average Bonchev–Trinajstić information content (AvgIpc) is 3.35. The van der Waals surface area contributed by atoms with E-state index in [2.05, 4.69) is 23.2 Å². The van der Waals surface area contributed by atoms with Gasteiger partial charge in [0.25, 0.3) is 11.8 Å². The van der Waals surface area contributed by atoms with Crippen LogP contribution in [-0.4, -0.2) is 58.8 Å². The maximum absolute atomic E-state index is 12.7. The zero-order chi connectivity index (χ0) is 25.0. The first-order valence-corrected chi connectivity index (χ1v) is 12.1. The molecule has 35 heavy (non-hydrogen) atoms. The Bertz CT molecular complexity index is 1100. The number of anilines is 1. The molecule has 2 aliphatic rings. The number of piperidine rings is 1. The van der Waals surface area contributed by atoms with Crippen LogP contribution in [0.1, 0.15) is 42.9 Å². The van der Waals surface area contributed by atoms with Crippen LogP contribution < -0.4 is 10.2 Å². The van der Waals surface area contributed by atoms with Gasteiger partial charge < -0.3 is 25.3 Å². The van der Waals surface area contributed by atoms with E-state index in [1.54, 1.807) is 0 Å². The molecule has 0 bridgehead atoms. The van der Waals surface area contributed by atoms with E-state index in [1.807, 2.05) is 48.5 Å². The number of hydrogen-bond acceptors (Lipinski definition) is 6. The predicted octanol–water partition coefficient (Wildman–Crippen LogP) is 1.94. The molecule has 1 fully saturated rings. The van der Waals surface area contributed by atoms with Crippen molar-refractivity contribution in [3.8, 4) is 6.07 Å². The minimum absolute atomic E-state index is 0.154. The van der Waals surface area contributed by atoms with Crippen LogP contribution in [-0.2, 0) is 22.7 Å². The Morgan fingerprint density at radius 1 is 1.03 bits per heavy atom. The van der Waals surface area contributed by atoms with Crippen LogP contribution in [0.5, 0.6) is 0 Å². The molecule has 2 heterocycles. The van der Waals surface area contributed by atoms with E-state index in [9.17, 15) is 25.1 Å². The van der Waals surface area contributed by atoms with Crippen molar-refractivity contribution in [2.45, 2.75) is 51.5 Å². The Kier molecular flexibility index (Phi) is 7.39. The molecule has 2 aliphatic heterocycles. The van der Waals surface area contributed by atoms with Crippen molar-refractivity contribution >= 4 is 17.5 Å². The Hall–Kier alpha value is -3.41. The van der Waals surface area contributed by atoms with Crippen LogP contribution in [0.2, 0.25) is 0 Å². The molecule has 0 aliphatic carbocycles. The fourth-order valence-electron chi connectivity index (χ4n) is 5.05. The molecule has 1 saturated heterocycles. The third kappa shape index (κ3) is 5.16. The average molecular weight is 477 g/mol. The van der Waals surface area contributed by atoms with Gasteiger partial charge in [-0.15, -0.1) is 0 Å². The number of rotatable bonds is 7. The van der Waals surface area contributed by atoms with Crippen LogP contribution in [0.4, 0.5) is 5.69 Å². The molecule has 0 saturated carbocycles. The zero-order valence-corrected chi connectivity index (χ0v) is 20.0. The zero-order valence-electron chi connectivity index (χ0n) is 20.0. The van der Waals surface area contributed by atoms with E-state index < -0.39 is 24.0 Å². The van der Waals surface area contributed by atoms with Crippen LogP contribution in [0.25, 0.3) is 0 Å². The topological polar surface area (TPSA) is 117 Å². The lowest BCUT2D eigenvalue weighted by molar-refractivity contribution is -0.153. The molecule has 0 unspecified atom stereocenters. The molecule has 2 amide bonds. The lowest BCUT2D eigenvalue weighted by Crippen LogP contribution is -2.52. The number of carbonyl (C=O) groups excluding carboxylic acids is 2. The normalized spacial score (nSPS) is 18.3. The molecule has 8 nitrogen and oxygen atoms in total. The number of amides is 2. The first kappa shape index (κ1) is 24.7. The van der Waals surface area contributed by atoms with E-state index in [0.29, 0.717) is 25.2 Å². The van der Waals surface area contributed by atoms with Crippen molar-refractivity contribution < 1.29 is 19.8 Å². The summed E-state index contributed by atoms with van der Waals surface area (Å²) in [4.78, 5) is 29.0. The maximum atomic E-state index is 12.7. The van der Waals surface area contributed by atoms with Gasteiger partial charge in [0.1, 0.15) is 6.07 Å². The second kappa shape index (κ2) is 10.5. The monoisotopic (exact) mass is 476 g/mol. The Balaban J connectivity index is 1.31. The largest absolute Gasteiger partial charge is 0.380 e. The van der Waals surface area contributed by atoms with Crippen molar-refractivity contribution in [1.29, 1.82) is 5.26 Å². The Labute approximate surface area is 205 Å². The number of nitriles is 1. The summed E-state index contributed by atoms with van der Waals surface area (Å²) in [5.74, 6) is -1.40. The maximum Gasteiger partial charge on any atom is 0.255 e. The summed E-state index contributed by atoms with van der Waals surface area (Å²) in [6.07, 6.45) is -1.18. The van der Waals surface area contributed by atoms with Crippen LogP contribution >= 0.6 is 0 Å². The summed E-state index contributed by atoms with van der Waals surface area (Å²) in [6.45, 7) is 4.63. The highest BCUT2D eigenvalue weighted by Crippen LogP contribution is 2.36. The summed E-state index contributed by atoms with van der Waals surface area (Å²) in [5, 5.41) is 33.0. The molecule has 0 aromatic heterocycles. The summed E-state index contributed by atoms with van der Waals surface area (Å²) < 4.78 is 0. The summed E-state index contributed by atoms with van der Waals surface area (Å²) in [7, 11) is 0. The number of hydrogen-bond donors (Lipinski definition) is 3. The van der Waals surface area contributed by atoms with E-state index in [1.165, 1.54) is 4.90 Å². The third-order valence-electron chi connectivity index (χ3n) is 7.55. The minimum Gasteiger partial charge on any atom is -0.380 e. The quantitative estimate of drug-likeness (QED) is 0.562. The van der Waals surface area contributed by atoms with Crippen molar-refractivity contribution in [2.24, 2.45) is 5.41 Å². The number of carbonyl (C=O) groups is 2. The number of aliphatic hydroxyl groups excluding tert-OH is 2. The summed E-state index contributed by atoms with van der Waals surface area (Å²) >= 11 is 0. The fraction of sp³-hybridized carbons (Fsp3) is 0.444. The van der Waals surface area contributed by atoms with E-state index in [-0.39, 0.29) is 5.41 Å². The molecule has 2 aromatic rings. The number of nitrogens with one attached hydrogen (secondary N) is 1. The standard InChI is InChI=1S/C27H32N4O4/c1-2-27(11-13-30(14-12-27)22-10-6-5-7-19(22)15-28)18-29-25(34)23(32)24(33)26(35)31-16-20-8-3-4-9-21(20)17-31/h3-10,23-24,32-33H,2,11-14,16-18H2,1H3,(H,29,34)/t23-,24-/m1/s1. The number of benzene rings is 2. The first-order valence-electron chi connectivity index (χ1n) is 12.1. The van der Waals surface area contributed by atoms with Crippen LogP contribution in [0, 0.1) is 16.7 Å². The molecule has 8 heteroatoms. The molecular formula is C27H32N4O4. The Morgan fingerprint density at radius 2 is 1.63 bits per heavy atom. The number of para-hydroxylation sites is 1. The van der Waals surface area contributed by atoms with Gasteiger partial charge >= 0.3 is 0 Å². The van der Waals surface area contributed by atoms with Gasteiger partial charge in [-0.3, -0.25) is 9.59 Å². The fourth-order valence-corrected chi connectivity index (χ4v) is 5.05. The minimum atomic E-state index is -1.83. The highest BCUT2D eigenvalue weighted by molar-refractivity contribution is 5.91. The van der Waals surface area contributed by atoms with E-state index in [0.717, 1.165) is 49.2 Å². The van der Waals surface area contributed by atoms with Crippen molar-refractivity contribution in [1.82, 2.24) is 10.2 Å². The Morgan fingerprint density at radius 3 is 2.23 bits per heavy atom. The van der Waals surface area contributed by atoms with Crippen molar-refractivity contribution in [2.75, 3.05) is 24.5 Å². The molecule has 3 N–H and O–H groups in total. The second-order valence-corrected chi connectivity index (χ2v) is 9.54. The van der Waals surface area contributed by atoms with Crippen molar-refractivity contribution in [3.63, 3.8) is 0 Å². The number of nitrogens with zero attached hydrogens (tertiary/aromatic N) is 3. The van der Waals surface area contributed by atoms with Crippen LogP contribution in [0.3, 0.4) is 0 Å². The van der Waals surface area contributed by atoms with Gasteiger partial charge in [-0.05, 0) is 47.9 Å². The molecule has 2 atom stereocenters. The SMILES string of the molecule is CCC1(CNC(=O)[C@H](O)[C@@H](O)C(=O)N2Cc3ccccc3C2)CCN(c2ccccc2C#N)CC1. The lowest BCUT2D eigenvalue weighted by atomic mass is 9.76. The van der Waals surface area contributed by atoms with Gasteiger partial charge in [-0.1, -0.05) is 43.3 Å². The van der Waals surface area contributed by atoms with Gasteiger partial charge in [0.05, 0.1) is 11.3 Å². The molecule has 0 spiro atoms. The van der Waals surface area contributed by atoms with Crippen molar-refractivity contribution in [3.05, 3.63) is 65.2 Å². The molecule has 4 rings (SSSR count). The summed E-state index contributed by atoms with van der Waals surface area (Å²) in [6, 6.07) is 17.4. The van der Waals surface area contributed by atoms with Gasteiger partial charge in [-0.25, -0.2) is 0 Å². The van der Waals surface area contributed by atoms with Gasteiger partial charge in [-0.2, -0.15) is 5.26 Å². The number of fused-ring (bicyclic) bond motifs is 1. The van der Waals surface area contributed by atoms with Gasteiger partial charge in [0, 0.05) is 32.7 Å². The molecule has 184 valence electrons. The van der Waals surface area contributed by atoms with Gasteiger partial charge in [0.15, 0.2) is 12.2 Å².